The number of piperidine rings is 1. The number of Topliss-reactive ketones (excluding diaryl/α,β-unsaturated/α-hetero) is 1. The van der Waals surface area contributed by atoms with Crippen LogP contribution in [0.2, 0.25) is 0 Å². The van der Waals surface area contributed by atoms with E-state index in [2.05, 4.69) is 20.4 Å². The van der Waals surface area contributed by atoms with Gasteiger partial charge in [0.1, 0.15) is 10.8 Å². The van der Waals surface area contributed by atoms with Gasteiger partial charge in [-0.15, -0.1) is 10.2 Å². The zero-order chi connectivity index (χ0) is 22.5. The first-order valence-electron chi connectivity index (χ1n) is 10.7. The van der Waals surface area contributed by atoms with Crippen LogP contribution in [0, 0.1) is 18.7 Å². The van der Waals surface area contributed by atoms with Crippen molar-refractivity contribution in [3.8, 4) is 0 Å². The van der Waals surface area contributed by atoms with E-state index >= 15 is 0 Å². The second kappa shape index (κ2) is 10.1. The number of nitrogens with one attached hydrogen (secondary N) is 1. The molecule has 1 saturated heterocycles. The lowest BCUT2D eigenvalue weighted by Gasteiger charge is -2.30. The second-order valence-corrected chi connectivity index (χ2v) is 9.15. The van der Waals surface area contributed by atoms with Crippen LogP contribution in [0.3, 0.4) is 0 Å². The fourth-order valence-corrected chi connectivity index (χ4v) is 4.57. The molecule has 0 saturated carbocycles. The molecule has 2 aromatic carbocycles. The van der Waals surface area contributed by atoms with Gasteiger partial charge < -0.3 is 5.32 Å². The van der Waals surface area contributed by atoms with Crippen LogP contribution in [0.4, 0.5) is 4.39 Å². The fourth-order valence-electron chi connectivity index (χ4n) is 3.77. The molecule has 1 amide bonds. The van der Waals surface area contributed by atoms with Crippen molar-refractivity contribution in [1.29, 1.82) is 0 Å². The number of amides is 1. The summed E-state index contributed by atoms with van der Waals surface area (Å²) in [6.07, 6.45) is 1.63. The number of carbonyl (C=O) groups is 2. The Labute approximate surface area is 190 Å². The number of carbonyl (C=O) groups excluding carboxylic acids is 2. The zero-order valence-electron chi connectivity index (χ0n) is 17.9. The summed E-state index contributed by atoms with van der Waals surface area (Å²) in [4.78, 5) is 27.3. The minimum absolute atomic E-state index is 0.0520. The van der Waals surface area contributed by atoms with E-state index in [1.165, 1.54) is 23.5 Å². The maximum atomic E-state index is 13.0. The standard InChI is InChI=1S/C24H25FN4O2S/c1-16-2-6-18(7-3-16)22(30)19-10-12-29(13-11-19)15-21-27-28-24(32-21)23(31)26-14-17-4-8-20(25)9-5-17/h2-9,19H,10-15H2,1H3,(H,26,31). The summed E-state index contributed by atoms with van der Waals surface area (Å²) >= 11 is 1.27. The highest BCUT2D eigenvalue weighted by atomic mass is 32.1. The van der Waals surface area contributed by atoms with E-state index in [1.807, 2.05) is 31.2 Å². The maximum Gasteiger partial charge on any atom is 0.282 e. The van der Waals surface area contributed by atoms with E-state index in [0.29, 0.717) is 18.1 Å². The first-order valence-corrected chi connectivity index (χ1v) is 11.5. The van der Waals surface area contributed by atoms with E-state index in [1.54, 1.807) is 12.1 Å². The van der Waals surface area contributed by atoms with Crippen molar-refractivity contribution in [2.24, 2.45) is 5.92 Å². The number of halogens is 1. The summed E-state index contributed by atoms with van der Waals surface area (Å²) in [6.45, 7) is 4.56. The molecule has 3 aromatic rings. The molecule has 1 N–H and O–H groups in total. The number of hydrogen-bond acceptors (Lipinski definition) is 6. The average molecular weight is 453 g/mol. The first kappa shape index (κ1) is 22.2. The molecule has 0 spiro atoms. The van der Waals surface area contributed by atoms with Crippen molar-refractivity contribution < 1.29 is 14.0 Å². The highest BCUT2D eigenvalue weighted by molar-refractivity contribution is 7.13. The topological polar surface area (TPSA) is 75.2 Å². The Morgan fingerprint density at radius 2 is 1.75 bits per heavy atom. The number of nitrogens with zero attached hydrogens (tertiary/aromatic N) is 3. The number of hydrogen-bond donors (Lipinski definition) is 1. The van der Waals surface area contributed by atoms with Crippen molar-refractivity contribution >= 4 is 23.0 Å². The van der Waals surface area contributed by atoms with Crippen LogP contribution in [0.5, 0.6) is 0 Å². The van der Waals surface area contributed by atoms with E-state index in [9.17, 15) is 14.0 Å². The van der Waals surface area contributed by atoms with Crippen LogP contribution in [0.15, 0.2) is 48.5 Å². The van der Waals surface area contributed by atoms with Crippen molar-refractivity contribution in [3.63, 3.8) is 0 Å². The minimum atomic E-state index is -0.308. The van der Waals surface area contributed by atoms with E-state index in [0.717, 1.165) is 47.6 Å². The Hall–Kier alpha value is -2.97. The number of ketones is 1. The van der Waals surface area contributed by atoms with Gasteiger partial charge in [0.25, 0.3) is 5.91 Å². The highest BCUT2D eigenvalue weighted by Gasteiger charge is 2.26. The molecule has 1 fully saturated rings. The molecule has 6 nitrogen and oxygen atoms in total. The monoisotopic (exact) mass is 452 g/mol. The van der Waals surface area contributed by atoms with Gasteiger partial charge >= 0.3 is 0 Å². The number of aromatic nitrogens is 2. The summed E-state index contributed by atoms with van der Waals surface area (Å²) in [7, 11) is 0. The summed E-state index contributed by atoms with van der Waals surface area (Å²) in [5.74, 6) is -0.324. The zero-order valence-corrected chi connectivity index (χ0v) is 18.7. The van der Waals surface area contributed by atoms with Crippen LogP contribution >= 0.6 is 11.3 Å². The van der Waals surface area contributed by atoms with Crippen molar-refractivity contribution in [2.75, 3.05) is 13.1 Å². The Morgan fingerprint density at radius 3 is 2.44 bits per heavy atom. The molecular weight excluding hydrogens is 427 g/mol. The average Bonchev–Trinajstić information content (AvgIpc) is 3.28. The third-order valence-corrected chi connectivity index (χ3v) is 6.59. The molecule has 2 heterocycles. The Morgan fingerprint density at radius 1 is 1.06 bits per heavy atom. The van der Waals surface area contributed by atoms with E-state index in [-0.39, 0.29) is 23.4 Å². The third-order valence-electron chi connectivity index (χ3n) is 5.68. The van der Waals surface area contributed by atoms with Crippen molar-refractivity contribution in [3.05, 3.63) is 81.1 Å². The molecule has 0 aliphatic carbocycles. The van der Waals surface area contributed by atoms with E-state index in [4.69, 9.17) is 0 Å². The Kier molecular flexibility index (Phi) is 7.02. The van der Waals surface area contributed by atoms with Crippen LogP contribution in [0.25, 0.3) is 0 Å². The van der Waals surface area contributed by atoms with E-state index < -0.39 is 0 Å². The number of likely N-dealkylation sites (tertiary alicyclic amines) is 1. The summed E-state index contributed by atoms with van der Waals surface area (Å²) in [5, 5.41) is 12.0. The van der Waals surface area contributed by atoms with Gasteiger partial charge in [-0.3, -0.25) is 14.5 Å². The van der Waals surface area contributed by atoms with Gasteiger partial charge in [-0.25, -0.2) is 4.39 Å². The smallest absolute Gasteiger partial charge is 0.282 e. The SMILES string of the molecule is Cc1ccc(C(=O)C2CCN(Cc3nnc(C(=O)NCc4ccc(F)cc4)s3)CC2)cc1. The molecule has 8 heteroatoms. The first-order chi connectivity index (χ1) is 15.5. The van der Waals surface area contributed by atoms with Crippen LogP contribution < -0.4 is 5.32 Å². The van der Waals surface area contributed by atoms with Gasteiger partial charge in [0, 0.05) is 18.0 Å². The molecule has 4 rings (SSSR count). The molecule has 0 atom stereocenters. The predicted octanol–water partition coefficient (Wildman–Crippen LogP) is 4.01. The normalized spacial score (nSPS) is 14.9. The number of benzene rings is 2. The molecule has 0 bridgehead atoms. The summed E-state index contributed by atoms with van der Waals surface area (Å²) in [6, 6.07) is 13.8. The Bertz CT molecular complexity index is 1070. The highest BCUT2D eigenvalue weighted by Crippen LogP contribution is 2.24. The molecular formula is C24H25FN4O2S. The van der Waals surface area contributed by atoms with Crippen LogP contribution in [-0.4, -0.2) is 39.9 Å². The Balaban J connectivity index is 1.25. The quantitative estimate of drug-likeness (QED) is 0.548. The third kappa shape index (κ3) is 5.63. The molecule has 166 valence electrons. The van der Waals surface area contributed by atoms with Crippen molar-refractivity contribution in [2.45, 2.75) is 32.9 Å². The minimum Gasteiger partial charge on any atom is -0.346 e. The lowest BCUT2D eigenvalue weighted by atomic mass is 9.88. The molecule has 1 aliphatic heterocycles. The number of rotatable bonds is 7. The predicted molar refractivity (Wildman–Crippen MR) is 121 cm³/mol. The maximum absolute atomic E-state index is 13.0. The molecule has 0 radical (unpaired) electrons. The van der Waals surface area contributed by atoms with Gasteiger partial charge in [-0.05, 0) is 50.6 Å². The second-order valence-electron chi connectivity index (χ2n) is 8.09. The molecule has 0 unspecified atom stereocenters. The molecule has 1 aliphatic rings. The van der Waals surface area contributed by atoms with Crippen molar-refractivity contribution in [1.82, 2.24) is 20.4 Å². The van der Waals surface area contributed by atoms with Gasteiger partial charge in [-0.2, -0.15) is 0 Å². The molecule has 1 aromatic heterocycles. The van der Waals surface area contributed by atoms with Gasteiger partial charge in [-0.1, -0.05) is 53.3 Å². The number of aryl methyl sites for hydroxylation is 1. The van der Waals surface area contributed by atoms with Gasteiger partial charge in [0.05, 0.1) is 6.54 Å². The lowest BCUT2D eigenvalue weighted by molar-refractivity contribution is 0.0834. The summed E-state index contributed by atoms with van der Waals surface area (Å²) < 4.78 is 13.0. The van der Waals surface area contributed by atoms with Gasteiger partial charge in [0.15, 0.2) is 5.78 Å². The fraction of sp³-hybridized carbons (Fsp3) is 0.333. The van der Waals surface area contributed by atoms with Gasteiger partial charge in [0.2, 0.25) is 5.01 Å². The van der Waals surface area contributed by atoms with Crippen LogP contribution in [-0.2, 0) is 13.1 Å². The lowest BCUT2D eigenvalue weighted by Crippen LogP contribution is -2.35. The largest absolute Gasteiger partial charge is 0.346 e. The molecule has 32 heavy (non-hydrogen) atoms. The van der Waals surface area contributed by atoms with Crippen LogP contribution in [0.1, 0.15) is 49.1 Å². The summed E-state index contributed by atoms with van der Waals surface area (Å²) in [5.41, 5.74) is 2.75.